The first-order valence-electron chi connectivity index (χ1n) is 6.30. The fraction of sp³-hybridized carbons (Fsp3) is 0.500. The zero-order chi connectivity index (χ0) is 14.2. The lowest BCUT2D eigenvalue weighted by Gasteiger charge is -2.18. The highest BCUT2D eigenvalue weighted by molar-refractivity contribution is 6.32. The lowest BCUT2D eigenvalue weighted by Crippen LogP contribution is -2.19. The molecule has 1 aliphatic rings. The Kier molecular flexibility index (Phi) is 3.74. The highest BCUT2D eigenvalue weighted by atomic mass is 35.5. The summed E-state index contributed by atoms with van der Waals surface area (Å²) in [5.41, 5.74) is 7.37. The highest BCUT2D eigenvalue weighted by Crippen LogP contribution is 2.37. The van der Waals surface area contributed by atoms with Gasteiger partial charge < -0.3 is 15.8 Å². The molecule has 0 spiro atoms. The number of benzene rings is 1. The van der Waals surface area contributed by atoms with Crippen molar-refractivity contribution in [2.24, 2.45) is 11.1 Å². The smallest absolute Gasteiger partial charge is 0.245 e. The maximum atomic E-state index is 11.5. The molecule has 0 aliphatic carbocycles. The minimum Gasteiger partial charge on any atom is -0.492 e. The maximum absolute atomic E-state index is 11.5. The fourth-order valence-corrected chi connectivity index (χ4v) is 2.09. The van der Waals surface area contributed by atoms with Crippen molar-refractivity contribution in [3.63, 3.8) is 0 Å². The van der Waals surface area contributed by atoms with E-state index in [1.165, 1.54) is 0 Å². The number of halogens is 1. The molecule has 1 aromatic carbocycles. The number of ether oxygens (including phenoxy) is 1. The van der Waals surface area contributed by atoms with Crippen LogP contribution in [0, 0.1) is 5.41 Å². The van der Waals surface area contributed by atoms with Gasteiger partial charge in [-0.1, -0.05) is 32.4 Å². The number of carbonyl (C=O) groups excluding carboxylic acids is 1. The van der Waals surface area contributed by atoms with Crippen LogP contribution in [0.4, 0.5) is 5.69 Å². The Labute approximate surface area is 118 Å². The van der Waals surface area contributed by atoms with Crippen LogP contribution in [-0.4, -0.2) is 12.5 Å². The van der Waals surface area contributed by atoms with Gasteiger partial charge in [0.25, 0.3) is 0 Å². The Balaban J connectivity index is 2.12. The number of nitrogens with one attached hydrogen (secondary N) is 1. The van der Waals surface area contributed by atoms with E-state index in [1.807, 2.05) is 0 Å². The molecule has 19 heavy (non-hydrogen) atoms. The molecule has 0 saturated carbocycles. The van der Waals surface area contributed by atoms with Crippen LogP contribution in [0.2, 0.25) is 5.02 Å². The molecular formula is C14H19ClN2O2. The van der Waals surface area contributed by atoms with E-state index in [1.54, 1.807) is 12.1 Å². The summed E-state index contributed by atoms with van der Waals surface area (Å²) in [6.07, 6.45) is 0.923. The van der Waals surface area contributed by atoms with E-state index in [4.69, 9.17) is 22.1 Å². The van der Waals surface area contributed by atoms with Crippen molar-refractivity contribution in [2.75, 3.05) is 11.9 Å². The third-order valence-electron chi connectivity index (χ3n) is 3.09. The molecule has 0 bridgehead atoms. The van der Waals surface area contributed by atoms with Crippen molar-refractivity contribution in [1.29, 1.82) is 0 Å². The minimum absolute atomic E-state index is 0.208. The second-order valence-electron chi connectivity index (χ2n) is 6.00. The second-order valence-corrected chi connectivity index (χ2v) is 6.40. The molecule has 3 N–H and O–H groups in total. The van der Waals surface area contributed by atoms with Gasteiger partial charge in [-0.3, -0.25) is 4.79 Å². The SMILES string of the molecule is CC(C)(C)CCOc1cc2c(cc1Cl)C(N)C(=O)N2. The van der Waals surface area contributed by atoms with E-state index in [0.29, 0.717) is 23.1 Å². The largest absolute Gasteiger partial charge is 0.492 e. The summed E-state index contributed by atoms with van der Waals surface area (Å²) in [6, 6.07) is 2.80. The molecule has 104 valence electrons. The van der Waals surface area contributed by atoms with Crippen molar-refractivity contribution >= 4 is 23.2 Å². The summed E-state index contributed by atoms with van der Waals surface area (Å²) in [4.78, 5) is 11.5. The van der Waals surface area contributed by atoms with Gasteiger partial charge in [0.15, 0.2) is 0 Å². The fourth-order valence-electron chi connectivity index (χ4n) is 1.86. The Bertz CT molecular complexity index is 509. The molecule has 0 saturated heterocycles. The molecule has 1 unspecified atom stereocenters. The van der Waals surface area contributed by atoms with Gasteiger partial charge in [0.1, 0.15) is 11.8 Å². The number of fused-ring (bicyclic) bond motifs is 1. The molecule has 0 fully saturated rings. The first-order valence-corrected chi connectivity index (χ1v) is 6.68. The normalized spacial score (nSPS) is 18.2. The van der Waals surface area contributed by atoms with Gasteiger partial charge in [-0.15, -0.1) is 0 Å². The molecule has 0 aromatic heterocycles. The standard InChI is InChI=1S/C14H19ClN2O2/c1-14(2,3)4-5-19-11-7-10-8(6-9(11)15)12(16)13(18)17-10/h6-7,12H,4-5,16H2,1-3H3,(H,17,18). The molecule has 0 radical (unpaired) electrons. The summed E-state index contributed by atoms with van der Waals surface area (Å²) in [7, 11) is 0. The third kappa shape index (κ3) is 3.19. The van der Waals surface area contributed by atoms with E-state index in [-0.39, 0.29) is 11.3 Å². The van der Waals surface area contributed by atoms with Gasteiger partial charge in [0.05, 0.1) is 11.6 Å². The van der Waals surface area contributed by atoms with Gasteiger partial charge in [-0.25, -0.2) is 0 Å². The number of rotatable bonds is 3. The number of anilines is 1. The second kappa shape index (κ2) is 5.02. The van der Waals surface area contributed by atoms with Gasteiger partial charge in [-0.05, 0) is 17.9 Å². The Morgan fingerprint density at radius 1 is 1.42 bits per heavy atom. The summed E-state index contributed by atoms with van der Waals surface area (Å²) in [5.74, 6) is 0.372. The van der Waals surface area contributed by atoms with E-state index in [9.17, 15) is 4.79 Å². The molecule has 1 amide bonds. The van der Waals surface area contributed by atoms with Crippen molar-refractivity contribution in [3.05, 3.63) is 22.7 Å². The molecule has 4 nitrogen and oxygen atoms in total. The zero-order valence-electron chi connectivity index (χ0n) is 11.4. The predicted octanol–water partition coefficient (Wildman–Crippen LogP) is 3.11. The quantitative estimate of drug-likeness (QED) is 0.895. The minimum atomic E-state index is -0.642. The van der Waals surface area contributed by atoms with Crippen LogP contribution < -0.4 is 15.8 Å². The Morgan fingerprint density at radius 2 is 2.11 bits per heavy atom. The third-order valence-corrected chi connectivity index (χ3v) is 3.38. The van der Waals surface area contributed by atoms with Crippen LogP contribution in [0.25, 0.3) is 0 Å². The molecule has 1 heterocycles. The van der Waals surface area contributed by atoms with Crippen molar-refractivity contribution < 1.29 is 9.53 Å². The van der Waals surface area contributed by atoms with E-state index in [0.717, 1.165) is 12.0 Å². The lowest BCUT2D eigenvalue weighted by molar-refractivity contribution is -0.116. The molecular weight excluding hydrogens is 264 g/mol. The van der Waals surface area contributed by atoms with Crippen LogP contribution in [0.1, 0.15) is 38.8 Å². The number of hydrogen-bond donors (Lipinski definition) is 2. The summed E-state index contributed by atoms with van der Waals surface area (Å²) >= 11 is 6.15. The number of carbonyl (C=O) groups is 1. The molecule has 1 aromatic rings. The topological polar surface area (TPSA) is 64.3 Å². The van der Waals surface area contributed by atoms with Gasteiger partial charge >= 0.3 is 0 Å². The Hall–Kier alpha value is -1.26. The summed E-state index contributed by atoms with van der Waals surface area (Å²) in [5, 5.41) is 3.20. The number of hydrogen-bond acceptors (Lipinski definition) is 3. The molecule has 1 atom stereocenters. The van der Waals surface area contributed by atoms with E-state index >= 15 is 0 Å². The van der Waals surface area contributed by atoms with Gasteiger partial charge in [0.2, 0.25) is 5.91 Å². The van der Waals surface area contributed by atoms with E-state index in [2.05, 4.69) is 26.1 Å². The predicted molar refractivity (Wildman–Crippen MR) is 76.6 cm³/mol. The lowest BCUT2D eigenvalue weighted by atomic mass is 9.93. The maximum Gasteiger partial charge on any atom is 0.245 e. The summed E-state index contributed by atoms with van der Waals surface area (Å²) in [6.45, 7) is 7.04. The van der Waals surface area contributed by atoms with Crippen LogP contribution >= 0.6 is 11.6 Å². The van der Waals surface area contributed by atoms with Gasteiger partial charge in [-0.2, -0.15) is 0 Å². The average molecular weight is 283 g/mol. The van der Waals surface area contributed by atoms with Crippen molar-refractivity contribution in [1.82, 2.24) is 0 Å². The first-order chi connectivity index (χ1) is 8.78. The van der Waals surface area contributed by atoms with Crippen LogP contribution in [0.3, 0.4) is 0 Å². The highest BCUT2D eigenvalue weighted by Gasteiger charge is 2.28. The van der Waals surface area contributed by atoms with Crippen molar-refractivity contribution in [2.45, 2.75) is 33.2 Å². The van der Waals surface area contributed by atoms with E-state index < -0.39 is 6.04 Å². The van der Waals surface area contributed by atoms with Gasteiger partial charge in [0, 0.05) is 17.3 Å². The molecule has 2 rings (SSSR count). The number of amides is 1. The Morgan fingerprint density at radius 3 is 2.74 bits per heavy atom. The van der Waals surface area contributed by atoms with Crippen LogP contribution in [-0.2, 0) is 4.79 Å². The first kappa shape index (κ1) is 14.2. The average Bonchev–Trinajstić information content (AvgIpc) is 2.54. The molecule has 5 heteroatoms. The summed E-state index contributed by atoms with van der Waals surface area (Å²) < 4.78 is 5.68. The van der Waals surface area contributed by atoms with Crippen LogP contribution in [0.15, 0.2) is 12.1 Å². The number of nitrogens with two attached hydrogens (primary N) is 1. The van der Waals surface area contributed by atoms with Crippen molar-refractivity contribution in [3.8, 4) is 5.75 Å². The monoisotopic (exact) mass is 282 g/mol. The van der Waals surface area contributed by atoms with Crippen LogP contribution in [0.5, 0.6) is 5.75 Å². The molecule has 1 aliphatic heterocycles. The zero-order valence-corrected chi connectivity index (χ0v) is 12.2.